The van der Waals surface area contributed by atoms with Gasteiger partial charge in [-0.3, -0.25) is 4.79 Å². The first-order valence-corrected chi connectivity index (χ1v) is 13.8. The van der Waals surface area contributed by atoms with Crippen LogP contribution < -0.4 is 5.32 Å². The van der Waals surface area contributed by atoms with E-state index >= 15 is 0 Å². The number of nitrogens with zero attached hydrogens (tertiary/aromatic N) is 4. The van der Waals surface area contributed by atoms with Crippen molar-refractivity contribution in [2.75, 3.05) is 0 Å². The van der Waals surface area contributed by atoms with E-state index in [-0.39, 0.29) is 11.2 Å². The summed E-state index contributed by atoms with van der Waals surface area (Å²) in [6.07, 6.45) is 1.42. The molecule has 0 aliphatic carbocycles. The molecule has 3 heterocycles. The zero-order chi connectivity index (χ0) is 24.9. The molecule has 5 aromatic rings. The fourth-order valence-electron chi connectivity index (χ4n) is 4.01. The maximum Gasteiger partial charge on any atom is 0.233 e. The highest BCUT2D eigenvalue weighted by atomic mass is 32.2. The van der Waals surface area contributed by atoms with Crippen molar-refractivity contribution in [3.8, 4) is 17.1 Å². The van der Waals surface area contributed by atoms with Crippen LogP contribution in [0, 0.1) is 0 Å². The summed E-state index contributed by atoms with van der Waals surface area (Å²) in [6.45, 7) is 4.66. The number of rotatable bonds is 9. The first kappa shape index (κ1) is 24.2. The molecule has 2 aromatic carbocycles. The Morgan fingerprint density at radius 1 is 1.00 bits per heavy atom. The lowest BCUT2D eigenvalue weighted by Gasteiger charge is -2.15. The summed E-state index contributed by atoms with van der Waals surface area (Å²) in [5, 5.41) is 11.5. The van der Waals surface area contributed by atoms with Crippen LogP contribution in [0.15, 0.2) is 83.2 Å². The van der Waals surface area contributed by atoms with Gasteiger partial charge in [-0.05, 0) is 36.4 Å². The predicted octanol–water partition coefficient (Wildman–Crippen LogP) is 6.29. The molecule has 0 radical (unpaired) electrons. The Bertz CT molecular complexity index is 1450. The van der Waals surface area contributed by atoms with Crippen LogP contribution in [0.3, 0.4) is 0 Å². The second kappa shape index (κ2) is 11.1. The van der Waals surface area contributed by atoms with Gasteiger partial charge >= 0.3 is 0 Å². The molecule has 0 fully saturated rings. The van der Waals surface area contributed by atoms with Crippen LogP contribution in [0.1, 0.15) is 30.8 Å². The lowest BCUT2D eigenvalue weighted by molar-refractivity contribution is -0.120. The molecule has 0 saturated heterocycles. The van der Waals surface area contributed by atoms with Gasteiger partial charge in [0.1, 0.15) is 5.03 Å². The molecule has 0 unspecified atom stereocenters. The predicted molar refractivity (Wildman–Crippen MR) is 148 cm³/mol. The monoisotopic (exact) mass is 513 g/mol. The van der Waals surface area contributed by atoms with E-state index in [1.165, 1.54) is 11.8 Å². The van der Waals surface area contributed by atoms with Crippen molar-refractivity contribution < 1.29 is 4.79 Å². The van der Waals surface area contributed by atoms with Crippen LogP contribution in [0.25, 0.3) is 28.1 Å². The minimum Gasteiger partial charge on any atom is -0.350 e. The SMILES string of the molecule is CCc1nn(-c2ccccc2)c2nc(-c3ccccc3)nc(S[C@H](CC)C(=O)NCc3cccs3)c12. The van der Waals surface area contributed by atoms with Crippen LogP contribution in [-0.4, -0.2) is 30.9 Å². The maximum atomic E-state index is 13.2. The molecule has 8 heteroatoms. The summed E-state index contributed by atoms with van der Waals surface area (Å²) in [7, 11) is 0. The van der Waals surface area contributed by atoms with Crippen molar-refractivity contribution in [3.05, 3.63) is 88.7 Å². The third-order valence-electron chi connectivity index (χ3n) is 5.87. The average molecular weight is 514 g/mol. The van der Waals surface area contributed by atoms with Crippen molar-refractivity contribution in [1.29, 1.82) is 0 Å². The summed E-state index contributed by atoms with van der Waals surface area (Å²) in [6, 6.07) is 24.0. The van der Waals surface area contributed by atoms with Crippen LogP contribution in [0.5, 0.6) is 0 Å². The molecule has 5 rings (SSSR count). The first-order valence-electron chi connectivity index (χ1n) is 12.0. The number of nitrogens with one attached hydrogen (secondary N) is 1. The Hall–Kier alpha value is -3.49. The van der Waals surface area contributed by atoms with Gasteiger partial charge in [-0.1, -0.05) is 80.2 Å². The molecule has 1 amide bonds. The van der Waals surface area contributed by atoms with E-state index in [0.717, 1.165) is 44.3 Å². The van der Waals surface area contributed by atoms with Crippen molar-refractivity contribution in [1.82, 2.24) is 25.1 Å². The summed E-state index contributed by atoms with van der Waals surface area (Å²) in [5.74, 6) is 0.636. The molecule has 1 N–H and O–H groups in total. The van der Waals surface area contributed by atoms with Crippen molar-refractivity contribution in [2.24, 2.45) is 0 Å². The number of fused-ring (bicyclic) bond motifs is 1. The number of thioether (sulfide) groups is 1. The highest BCUT2D eigenvalue weighted by Gasteiger charge is 2.25. The topological polar surface area (TPSA) is 72.7 Å². The molecule has 0 bridgehead atoms. The zero-order valence-electron chi connectivity index (χ0n) is 20.2. The van der Waals surface area contributed by atoms with E-state index in [0.29, 0.717) is 18.8 Å². The number of benzene rings is 2. The molecule has 0 saturated carbocycles. The van der Waals surface area contributed by atoms with Gasteiger partial charge in [0.05, 0.1) is 28.6 Å². The van der Waals surface area contributed by atoms with Gasteiger partial charge < -0.3 is 5.32 Å². The minimum absolute atomic E-state index is 0.0115. The van der Waals surface area contributed by atoms with E-state index in [1.807, 2.05) is 89.8 Å². The summed E-state index contributed by atoms with van der Waals surface area (Å²) >= 11 is 3.14. The minimum atomic E-state index is -0.281. The van der Waals surface area contributed by atoms with Crippen molar-refractivity contribution in [3.63, 3.8) is 0 Å². The van der Waals surface area contributed by atoms with Crippen LogP contribution in [0.2, 0.25) is 0 Å². The molecule has 0 spiro atoms. The van der Waals surface area contributed by atoms with E-state index < -0.39 is 0 Å². The Morgan fingerprint density at radius 2 is 1.75 bits per heavy atom. The number of para-hydroxylation sites is 1. The number of aryl methyl sites for hydroxylation is 1. The molecular weight excluding hydrogens is 486 g/mol. The molecule has 3 aromatic heterocycles. The number of hydrogen-bond donors (Lipinski definition) is 1. The highest BCUT2D eigenvalue weighted by Crippen LogP contribution is 2.35. The third-order valence-corrected chi connectivity index (χ3v) is 8.10. The summed E-state index contributed by atoms with van der Waals surface area (Å²) in [4.78, 5) is 24.3. The van der Waals surface area contributed by atoms with Crippen LogP contribution in [0.4, 0.5) is 0 Å². The Balaban J connectivity index is 1.59. The Morgan fingerprint density at radius 3 is 2.42 bits per heavy atom. The Kier molecular flexibility index (Phi) is 7.44. The maximum absolute atomic E-state index is 13.2. The van der Waals surface area contributed by atoms with E-state index in [4.69, 9.17) is 15.1 Å². The normalized spacial score (nSPS) is 12.1. The average Bonchev–Trinajstić information content (AvgIpc) is 3.59. The summed E-state index contributed by atoms with van der Waals surface area (Å²) < 4.78 is 1.89. The first-order chi connectivity index (χ1) is 17.7. The lowest BCUT2D eigenvalue weighted by Crippen LogP contribution is -2.31. The second-order valence-corrected chi connectivity index (χ2v) is 10.5. The molecule has 182 valence electrons. The van der Waals surface area contributed by atoms with Gasteiger partial charge in [0.25, 0.3) is 0 Å². The van der Waals surface area contributed by atoms with Crippen molar-refractivity contribution >= 4 is 40.0 Å². The second-order valence-electron chi connectivity index (χ2n) is 8.28. The number of hydrogen-bond acceptors (Lipinski definition) is 6. The van der Waals surface area contributed by atoms with E-state index in [1.54, 1.807) is 11.3 Å². The van der Waals surface area contributed by atoms with Gasteiger partial charge in [-0.2, -0.15) is 5.10 Å². The van der Waals surface area contributed by atoms with Crippen LogP contribution >= 0.6 is 23.1 Å². The third kappa shape index (κ3) is 5.05. The Labute approximate surface area is 218 Å². The molecule has 6 nitrogen and oxygen atoms in total. The standard InChI is InChI=1S/C28H27N5OS2/c1-3-22-24-26(33(32-22)20-14-9-6-10-15-20)30-25(19-12-7-5-8-13-19)31-28(24)36-23(4-2)27(34)29-18-21-16-11-17-35-21/h5-17,23H,3-4,18H2,1-2H3,(H,29,34)/t23-/m1/s1. The molecule has 0 aliphatic heterocycles. The number of thiophene rings is 1. The van der Waals surface area contributed by atoms with Crippen LogP contribution in [-0.2, 0) is 17.8 Å². The van der Waals surface area contributed by atoms with Gasteiger partial charge in [0.2, 0.25) is 5.91 Å². The number of aromatic nitrogens is 4. The van der Waals surface area contributed by atoms with Crippen molar-refractivity contribution in [2.45, 2.75) is 43.5 Å². The van der Waals surface area contributed by atoms with Gasteiger partial charge in [0.15, 0.2) is 11.5 Å². The number of amides is 1. The molecule has 36 heavy (non-hydrogen) atoms. The molecule has 1 atom stereocenters. The van der Waals surface area contributed by atoms with Gasteiger partial charge in [-0.25, -0.2) is 14.6 Å². The fraction of sp³-hybridized carbons (Fsp3) is 0.214. The smallest absolute Gasteiger partial charge is 0.233 e. The fourth-order valence-corrected chi connectivity index (χ4v) is 5.75. The molecular formula is C28H27N5OS2. The number of carbonyl (C=O) groups is 1. The van der Waals surface area contributed by atoms with Gasteiger partial charge in [0, 0.05) is 10.4 Å². The number of carbonyl (C=O) groups excluding carboxylic acids is 1. The van der Waals surface area contributed by atoms with E-state index in [2.05, 4.69) is 12.2 Å². The summed E-state index contributed by atoms with van der Waals surface area (Å²) in [5.41, 5.74) is 3.54. The zero-order valence-corrected chi connectivity index (χ0v) is 21.9. The van der Waals surface area contributed by atoms with Gasteiger partial charge in [-0.15, -0.1) is 11.3 Å². The largest absolute Gasteiger partial charge is 0.350 e. The quantitative estimate of drug-likeness (QED) is 0.185. The lowest BCUT2D eigenvalue weighted by atomic mass is 10.2. The molecule has 0 aliphatic rings. The highest BCUT2D eigenvalue weighted by molar-refractivity contribution is 8.00. The van der Waals surface area contributed by atoms with E-state index in [9.17, 15) is 4.79 Å².